The van der Waals surface area contributed by atoms with E-state index in [0.717, 1.165) is 43.1 Å². The predicted molar refractivity (Wildman–Crippen MR) is 114 cm³/mol. The Morgan fingerprint density at radius 3 is 2.59 bits per heavy atom. The van der Waals surface area contributed by atoms with E-state index in [1.165, 1.54) is 19.3 Å². The highest BCUT2D eigenvalue weighted by atomic mass is 16.2. The molecule has 1 aliphatic carbocycles. The van der Waals surface area contributed by atoms with Crippen molar-refractivity contribution in [2.45, 2.75) is 83.3 Å². The van der Waals surface area contributed by atoms with Crippen LogP contribution in [0.3, 0.4) is 0 Å². The van der Waals surface area contributed by atoms with Gasteiger partial charge in [-0.15, -0.1) is 0 Å². The zero-order valence-electron chi connectivity index (χ0n) is 17.6. The average Bonchev–Trinajstić information content (AvgIpc) is 3.05. The fourth-order valence-electron chi connectivity index (χ4n) is 4.84. The predicted octanol–water partition coefficient (Wildman–Crippen LogP) is 3.89. The van der Waals surface area contributed by atoms with E-state index in [1.807, 2.05) is 42.7 Å². The van der Waals surface area contributed by atoms with Crippen molar-refractivity contribution in [1.29, 1.82) is 0 Å². The number of rotatable bonds is 4. The summed E-state index contributed by atoms with van der Waals surface area (Å²) in [5.74, 6) is 0.258. The molecule has 0 unspecified atom stereocenters. The standard InChI is InChI=1S/C23H32N4O2/c1-3-15-27-21(28)20-25-18-13-9-10-14-19(18)26(20)16-23(27,2)22(29)24-17-11-7-5-4-6-8-12-17/h9-10,13-14,17H,3-8,11-12,15-16H2,1-2H3,(H,24,29)/t23-/m1/s1. The number of fused-ring (bicyclic) bond motifs is 3. The molecule has 29 heavy (non-hydrogen) atoms. The largest absolute Gasteiger partial charge is 0.351 e. The van der Waals surface area contributed by atoms with Gasteiger partial charge in [-0.2, -0.15) is 0 Å². The molecule has 6 nitrogen and oxygen atoms in total. The number of para-hydroxylation sites is 2. The molecule has 0 saturated heterocycles. The molecule has 4 rings (SSSR count). The van der Waals surface area contributed by atoms with E-state index in [2.05, 4.69) is 10.3 Å². The third-order valence-electron chi connectivity index (χ3n) is 6.53. The second-order valence-electron chi connectivity index (χ2n) is 8.76. The molecule has 1 saturated carbocycles. The van der Waals surface area contributed by atoms with Crippen LogP contribution in [-0.2, 0) is 11.3 Å². The smallest absolute Gasteiger partial charge is 0.290 e. The molecule has 156 valence electrons. The SMILES string of the molecule is CCCN1C(=O)c2nc3ccccc3n2C[C@]1(C)C(=O)NC1CCCCCCC1. The van der Waals surface area contributed by atoms with Crippen LogP contribution in [0, 0.1) is 0 Å². The van der Waals surface area contributed by atoms with Gasteiger partial charge in [0.25, 0.3) is 5.91 Å². The summed E-state index contributed by atoms with van der Waals surface area (Å²) in [5, 5.41) is 3.31. The third kappa shape index (κ3) is 3.65. The molecule has 1 atom stereocenters. The quantitative estimate of drug-likeness (QED) is 0.853. The number of carbonyl (C=O) groups is 2. The molecule has 1 aliphatic heterocycles. The van der Waals surface area contributed by atoms with Crippen LogP contribution in [0.15, 0.2) is 24.3 Å². The average molecular weight is 397 g/mol. The zero-order valence-corrected chi connectivity index (χ0v) is 17.6. The second kappa shape index (κ2) is 8.17. The monoisotopic (exact) mass is 396 g/mol. The molecular formula is C23H32N4O2. The Kier molecular flexibility index (Phi) is 5.61. The van der Waals surface area contributed by atoms with Crippen molar-refractivity contribution in [2.24, 2.45) is 0 Å². The van der Waals surface area contributed by atoms with E-state index in [9.17, 15) is 9.59 Å². The lowest BCUT2D eigenvalue weighted by Gasteiger charge is -2.44. The van der Waals surface area contributed by atoms with Crippen LogP contribution in [0.5, 0.6) is 0 Å². The van der Waals surface area contributed by atoms with Crippen molar-refractivity contribution in [3.05, 3.63) is 30.1 Å². The van der Waals surface area contributed by atoms with E-state index < -0.39 is 5.54 Å². The first kappa shape index (κ1) is 19.9. The Bertz CT molecular complexity index is 897. The van der Waals surface area contributed by atoms with Gasteiger partial charge >= 0.3 is 0 Å². The van der Waals surface area contributed by atoms with Gasteiger partial charge in [0.15, 0.2) is 5.82 Å². The van der Waals surface area contributed by atoms with Crippen LogP contribution in [0.4, 0.5) is 0 Å². The van der Waals surface area contributed by atoms with Crippen molar-refractivity contribution in [3.8, 4) is 0 Å². The first-order valence-electron chi connectivity index (χ1n) is 11.1. The topological polar surface area (TPSA) is 67.2 Å². The molecule has 0 radical (unpaired) electrons. The third-order valence-corrected chi connectivity index (χ3v) is 6.53. The van der Waals surface area contributed by atoms with Crippen molar-refractivity contribution >= 4 is 22.8 Å². The molecule has 2 aliphatic rings. The van der Waals surface area contributed by atoms with Crippen LogP contribution in [0.2, 0.25) is 0 Å². The maximum atomic E-state index is 13.5. The number of hydrogen-bond donors (Lipinski definition) is 1. The fourth-order valence-corrected chi connectivity index (χ4v) is 4.84. The van der Waals surface area contributed by atoms with Crippen LogP contribution >= 0.6 is 0 Å². The first-order chi connectivity index (χ1) is 14.0. The van der Waals surface area contributed by atoms with Gasteiger partial charge in [-0.1, -0.05) is 51.2 Å². The van der Waals surface area contributed by atoms with E-state index in [0.29, 0.717) is 18.9 Å². The maximum Gasteiger partial charge on any atom is 0.290 e. The number of hydrogen-bond acceptors (Lipinski definition) is 3. The normalized spacial score (nSPS) is 23.5. The molecule has 0 spiro atoms. The minimum Gasteiger partial charge on any atom is -0.351 e. The van der Waals surface area contributed by atoms with E-state index in [-0.39, 0.29) is 17.9 Å². The molecule has 2 heterocycles. The van der Waals surface area contributed by atoms with Gasteiger partial charge in [-0.25, -0.2) is 4.98 Å². The molecule has 0 bridgehead atoms. The number of benzene rings is 1. The lowest BCUT2D eigenvalue weighted by atomic mass is 9.92. The number of nitrogens with zero attached hydrogens (tertiary/aromatic N) is 3. The highest BCUT2D eigenvalue weighted by molar-refractivity contribution is 6.01. The number of amides is 2. The summed E-state index contributed by atoms with van der Waals surface area (Å²) in [6.07, 6.45) is 8.98. The first-order valence-corrected chi connectivity index (χ1v) is 11.1. The second-order valence-corrected chi connectivity index (χ2v) is 8.76. The van der Waals surface area contributed by atoms with Crippen molar-refractivity contribution < 1.29 is 9.59 Å². The Hall–Kier alpha value is -2.37. The summed E-state index contributed by atoms with van der Waals surface area (Å²) in [6.45, 7) is 4.94. The molecule has 1 N–H and O–H groups in total. The molecule has 1 aromatic heterocycles. The summed E-state index contributed by atoms with van der Waals surface area (Å²) >= 11 is 0. The highest BCUT2D eigenvalue weighted by Crippen LogP contribution is 2.31. The molecule has 1 fully saturated rings. The summed E-state index contributed by atoms with van der Waals surface area (Å²) in [4.78, 5) is 33.2. The van der Waals surface area contributed by atoms with Crippen LogP contribution in [-0.4, -0.2) is 44.4 Å². The van der Waals surface area contributed by atoms with E-state index in [1.54, 1.807) is 4.90 Å². The summed E-state index contributed by atoms with van der Waals surface area (Å²) < 4.78 is 1.93. The summed E-state index contributed by atoms with van der Waals surface area (Å²) in [6, 6.07) is 7.98. The molecule has 1 aromatic carbocycles. The Morgan fingerprint density at radius 1 is 1.17 bits per heavy atom. The molecule has 2 amide bonds. The Balaban J connectivity index is 1.65. The molecule has 2 aromatic rings. The highest BCUT2D eigenvalue weighted by Gasteiger charge is 2.48. The Labute approximate surface area is 172 Å². The van der Waals surface area contributed by atoms with Gasteiger partial charge in [0.2, 0.25) is 5.91 Å². The molecule has 6 heteroatoms. The van der Waals surface area contributed by atoms with Crippen LogP contribution in [0.1, 0.15) is 75.8 Å². The summed E-state index contributed by atoms with van der Waals surface area (Å²) in [5.41, 5.74) is 0.806. The minimum absolute atomic E-state index is 0.0340. The maximum absolute atomic E-state index is 13.5. The van der Waals surface area contributed by atoms with Crippen molar-refractivity contribution in [2.75, 3.05) is 6.54 Å². The zero-order chi connectivity index (χ0) is 20.4. The van der Waals surface area contributed by atoms with Crippen molar-refractivity contribution in [1.82, 2.24) is 19.8 Å². The van der Waals surface area contributed by atoms with E-state index >= 15 is 0 Å². The number of aromatic nitrogens is 2. The summed E-state index contributed by atoms with van der Waals surface area (Å²) in [7, 11) is 0. The van der Waals surface area contributed by atoms with Crippen LogP contribution in [0.25, 0.3) is 11.0 Å². The lowest BCUT2D eigenvalue weighted by molar-refractivity contribution is -0.133. The Morgan fingerprint density at radius 2 is 1.86 bits per heavy atom. The number of imidazole rings is 1. The van der Waals surface area contributed by atoms with Gasteiger partial charge in [-0.3, -0.25) is 9.59 Å². The van der Waals surface area contributed by atoms with Crippen LogP contribution < -0.4 is 5.32 Å². The molecular weight excluding hydrogens is 364 g/mol. The lowest BCUT2D eigenvalue weighted by Crippen LogP contribution is -2.65. The minimum atomic E-state index is -0.911. The van der Waals surface area contributed by atoms with Gasteiger partial charge < -0.3 is 14.8 Å². The number of nitrogens with one attached hydrogen (secondary N) is 1. The van der Waals surface area contributed by atoms with Crippen molar-refractivity contribution in [3.63, 3.8) is 0 Å². The van der Waals surface area contributed by atoms with Gasteiger partial charge in [0.1, 0.15) is 5.54 Å². The number of carbonyl (C=O) groups excluding carboxylic acids is 2. The van der Waals surface area contributed by atoms with Gasteiger partial charge in [0.05, 0.1) is 17.6 Å². The fraction of sp³-hybridized carbons (Fsp3) is 0.609. The van der Waals surface area contributed by atoms with Gasteiger partial charge in [0, 0.05) is 12.6 Å². The van der Waals surface area contributed by atoms with Gasteiger partial charge in [-0.05, 0) is 38.3 Å². The van der Waals surface area contributed by atoms with E-state index in [4.69, 9.17) is 0 Å².